The quantitative estimate of drug-likeness (QED) is 0.744. The van der Waals surface area contributed by atoms with Crippen molar-refractivity contribution in [1.82, 2.24) is 0 Å². The molecule has 0 unspecified atom stereocenters. The molecule has 0 aliphatic rings. The molecule has 0 amide bonds. The summed E-state index contributed by atoms with van der Waals surface area (Å²) in [5.74, 6) is 0.660. The number of rotatable bonds is 2. The van der Waals surface area contributed by atoms with E-state index in [2.05, 4.69) is 18.7 Å². The van der Waals surface area contributed by atoms with Gasteiger partial charge in [-0.05, 0) is 23.8 Å². The normalized spacial score (nSPS) is 10.2. The second-order valence-corrected chi connectivity index (χ2v) is 3.21. The number of benzene rings is 1. The second-order valence-electron chi connectivity index (χ2n) is 2.43. The molecule has 0 aliphatic carbocycles. The molecule has 0 heterocycles. The van der Waals surface area contributed by atoms with Crippen LogP contribution >= 0.6 is 24.2 Å². The Hall–Kier alpha value is -0.910. The van der Waals surface area contributed by atoms with Gasteiger partial charge in [-0.2, -0.15) is 17.9 Å². The molecular formula is C10H8ClNS. The summed E-state index contributed by atoms with van der Waals surface area (Å²) in [6, 6.07) is 7.23. The summed E-state index contributed by atoms with van der Waals surface area (Å²) in [4.78, 5) is 0. The van der Waals surface area contributed by atoms with Crippen molar-refractivity contribution in [2.24, 2.45) is 0 Å². The average Bonchev–Trinajstić information content (AvgIpc) is 2.17. The Labute approximate surface area is 88.1 Å². The van der Waals surface area contributed by atoms with Crippen LogP contribution < -0.4 is 0 Å². The third-order valence-corrected chi connectivity index (χ3v) is 2.08. The van der Waals surface area contributed by atoms with Crippen LogP contribution in [0.3, 0.4) is 0 Å². The van der Waals surface area contributed by atoms with E-state index < -0.39 is 0 Å². The van der Waals surface area contributed by atoms with Crippen molar-refractivity contribution in [2.75, 3.05) is 5.75 Å². The highest BCUT2D eigenvalue weighted by atomic mass is 35.5. The first-order valence-corrected chi connectivity index (χ1v) is 4.76. The van der Waals surface area contributed by atoms with Gasteiger partial charge in [0.15, 0.2) is 0 Å². The SMILES string of the molecule is N#Cc1ccc(Cl)c(C=CCS)c1. The zero-order valence-corrected chi connectivity index (χ0v) is 8.52. The van der Waals surface area contributed by atoms with Crippen molar-refractivity contribution in [3.63, 3.8) is 0 Å². The third kappa shape index (κ3) is 2.80. The van der Waals surface area contributed by atoms with Crippen LogP contribution in [0, 0.1) is 11.3 Å². The fraction of sp³-hybridized carbons (Fsp3) is 0.100. The van der Waals surface area contributed by atoms with Gasteiger partial charge in [0.2, 0.25) is 0 Å². The monoisotopic (exact) mass is 209 g/mol. The van der Waals surface area contributed by atoms with Crippen molar-refractivity contribution in [1.29, 1.82) is 5.26 Å². The number of thiol groups is 1. The van der Waals surface area contributed by atoms with Gasteiger partial charge in [0.05, 0.1) is 11.6 Å². The lowest BCUT2D eigenvalue weighted by molar-refractivity contribution is 1.48. The minimum atomic E-state index is 0.614. The predicted octanol–water partition coefficient (Wildman–Crippen LogP) is 3.15. The number of hydrogen-bond donors (Lipinski definition) is 1. The summed E-state index contributed by atoms with van der Waals surface area (Å²) in [6.45, 7) is 0. The third-order valence-electron chi connectivity index (χ3n) is 1.53. The van der Waals surface area contributed by atoms with Gasteiger partial charge in [0.1, 0.15) is 0 Å². The Kier molecular flexibility index (Phi) is 3.88. The fourth-order valence-corrected chi connectivity index (χ4v) is 1.21. The standard InChI is InChI=1S/C10H8ClNS/c11-10-4-3-8(7-12)6-9(10)2-1-5-13/h1-4,6,13H,5H2. The van der Waals surface area contributed by atoms with Crippen LogP contribution in [0.2, 0.25) is 5.02 Å². The summed E-state index contributed by atoms with van der Waals surface area (Å²) < 4.78 is 0. The Balaban J connectivity index is 3.06. The van der Waals surface area contributed by atoms with Crippen LogP contribution in [0.4, 0.5) is 0 Å². The van der Waals surface area contributed by atoms with Crippen LogP contribution in [0.15, 0.2) is 24.3 Å². The van der Waals surface area contributed by atoms with Crippen LogP contribution in [-0.2, 0) is 0 Å². The van der Waals surface area contributed by atoms with Gasteiger partial charge in [-0.25, -0.2) is 0 Å². The predicted molar refractivity (Wildman–Crippen MR) is 59.1 cm³/mol. The Bertz CT molecular complexity index is 366. The van der Waals surface area contributed by atoms with E-state index in [1.807, 2.05) is 12.2 Å². The highest BCUT2D eigenvalue weighted by Gasteiger charge is 1.97. The molecule has 1 nitrogen and oxygen atoms in total. The molecule has 0 fully saturated rings. The highest BCUT2D eigenvalue weighted by Crippen LogP contribution is 2.18. The van der Waals surface area contributed by atoms with E-state index in [0.29, 0.717) is 16.3 Å². The van der Waals surface area contributed by atoms with E-state index in [1.54, 1.807) is 18.2 Å². The summed E-state index contributed by atoms with van der Waals surface area (Å²) in [5, 5.41) is 9.30. The molecule has 0 bridgehead atoms. The summed E-state index contributed by atoms with van der Waals surface area (Å²) in [5.41, 5.74) is 1.47. The van der Waals surface area contributed by atoms with Crippen LogP contribution in [0.25, 0.3) is 6.08 Å². The van der Waals surface area contributed by atoms with E-state index in [9.17, 15) is 0 Å². The van der Waals surface area contributed by atoms with Gasteiger partial charge in [-0.3, -0.25) is 0 Å². The number of hydrogen-bond acceptors (Lipinski definition) is 2. The van der Waals surface area contributed by atoms with Crippen molar-refractivity contribution in [3.8, 4) is 6.07 Å². The van der Waals surface area contributed by atoms with Crippen molar-refractivity contribution >= 4 is 30.3 Å². The summed E-state index contributed by atoms with van der Waals surface area (Å²) in [7, 11) is 0. The zero-order chi connectivity index (χ0) is 9.68. The molecule has 0 radical (unpaired) electrons. The molecule has 1 aromatic carbocycles. The summed E-state index contributed by atoms with van der Waals surface area (Å²) >= 11 is 9.94. The Morgan fingerprint density at radius 2 is 2.31 bits per heavy atom. The molecule has 1 rings (SSSR count). The fourth-order valence-electron chi connectivity index (χ4n) is 0.921. The van der Waals surface area contributed by atoms with Gasteiger partial charge in [-0.15, -0.1) is 0 Å². The van der Waals surface area contributed by atoms with E-state index >= 15 is 0 Å². The maximum absolute atomic E-state index is 8.65. The molecule has 13 heavy (non-hydrogen) atoms. The smallest absolute Gasteiger partial charge is 0.0991 e. The minimum Gasteiger partial charge on any atom is -0.192 e. The Morgan fingerprint density at radius 3 is 2.92 bits per heavy atom. The van der Waals surface area contributed by atoms with Crippen LogP contribution in [0.1, 0.15) is 11.1 Å². The largest absolute Gasteiger partial charge is 0.192 e. The van der Waals surface area contributed by atoms with Gasteiger partial charge in [-0.1, -0.05) is 23.8 Å². The van der Waals surface area contributed by atoms with E-state index in [4.69, 9.17) is 16.9 Å². The number of nitrogens with zero attached hydrogens (tertiary/aromatic N) is 1. The lowest BCUT2D eigenvalue weighted by Gasteiger charge is -1.97. The van der Waals surface area contributed by atoms with E-state index in [-0.39, 0.29) is 0 Å². The molecule has 0 atom stereocenters. The number of halogens is 1. The second kappa shape index (κ2) is 4.96. The maximum Gasteiger partial charge on any atom is 0.0991 e. The summed E-state index contributed by atoms with van der Waals surface area (Å²) in [6.07, 6.45) is 3.74. The first-order chi connectivity index (χ1) is 6.27. The topological polar surface area (TPSA) is 23.8 Å². The van der Waals surface area contributed by atoms with Gasteiger partial charge < -0.3 is 0 Å². The van der Waals surface area contributed by atoms with E-state index in [0.717, 1.165) is 5.56 Å². The molecule has 1 aromatic rings. The zero-order valence-electron chi connectivity index (χ0n) is 6.87. The van der Waals surface area contributed by atoms with Crippen LogP contribution in [0.5, 0.6) is 0 Å². The Morgan fingerprint density at radius 1 is 1.54 bits per heavy atom. The van der Waals surface area contributed by atoms with E-state index in [1.165, 1.54) is 0 Å². The molecule has 0 N–H and O–H groups in total. The number of nitriles is 1. The molecule has 0 spiro atoms. The van der Waals surface area contributed by atoms with Crippen LogP contribution in [-0.4, -0.2) is 5.75 Å². The molecule has 66 valence electrons. The lowest BCUT2D eigenvalue weighted by atomic mass is 10.1. The molecule has 0 aromatic heterocycles. The van der Waals surface area contributed by atoms with Gasteiger partial charge >= 0.3 is 0 Å². The van der Waals surface area contributed by atoms with Crippen molar-refractivity contribution < 1.29 is 0 Å². The first-order valence-electron chi connectivity index (χ1n) is 3.75. The molecule has 0 saturated carbocycles. The molecule has 3 heteroatoms. The highest BCUT2D eigenvalue weighted by molar-refractivity contribution is 7.80. The van der Waals surface area contributed by atoms with Crippen molar-refractivity contribution in [2.45, 2.75) is 0 Å². The minimum absolute atomic E-state index is 0.614. The lowest BCUT2D eigenvalue weighted by Crippen LogP contribution is -1.79. The molecular weight excluding hydrogens is 202 g/mol. The molecule has 0 aliphatic heterocycles. The van der Waals surface area contributed by atoms with Crippen molar-refractivity contribution in [3.05, 3.63) is 40.4 Å². The maximum atomic E-state index is 8.65. The van der Waals surface area contributed by atoms with Gasteiger partial charge in [0, 0.05) is 10.8 Å². The first kappa shape index (κ1) is 10.2. The molecule has 0 saturated heterocycles. The van der Waals surface area contributed by atoms with Gasteiger partial charge in [0.25, 0.3) is 0 Å². The average molecular weight is 210 g/mol.